The standard InChI is InChI=1S/C26H19ClN2OS/c27-22-11-6-12-23-25(22)28-26(31-23)29(17-18-7-2-1-3-8-18)24(30)16-19-13-14-20-9-4-5-10-21(20)15-19/h1-15H,16-17H2. The number of hydrogen-bond acceptors (Lipinski definition) is 3. The molecule has 0 spiro atoms. The highest BCUT2D eigenvalue weighted by Gasteiger charge is 2.21. The molecule has 152 valence electrons. The summed E-state index contributed by atoms with van der Waals surface area (Å²) in [5.74, 6) is 0.00862. The van der Waals surface area contributed by atoms with Crippen molar-refractivity contribution in [2.45, 2.75) is 13.0 Å². The smallest absolute Gasteiger partial charge is 0.233 e. The number of anilines is 1. The SMILES string of the molecule is O=C(Cc1ccc2ccccc2c1)N(Cc1ccccc1)c1nc2c(Cl)cccc2s1. The number of carbonyl (C=O) groups excluding carboxylic acids is 1. The Morgan fingerprint density at radius 2 is 1.61 bits per heavy atom. The third-order valence-corrected chi connectivity index (χ3v) is 6.59. The van der Waals surface area contributed by atoms with Gasteiger partial charge in [0, 0.05) is 0 Å². The van der Waals surface area contributed by atoms with Gasteiger partial charge >= 0.3 is 0 Å². The van der Waals surface area contributed by atoms with Crippen LogP contribution < -0.4 is 4.90 Å². The maximum atomic E-state index is 13.5. The Morgan fingerprint density at radius 3 is 2.42 bits per heavy atom. The van der Waals surface area contributed by atoms with Gasteiger partial charge in [-0.2, -0.15) is 0 Å². The molecular weight excluding hydrogens is 424 g/mol. The van der Waals surface area contributed by atoms with E-state index in [4.69, 9.17) is 16.6 Å². The Kier molecular flexibility index (Phi) is 5.41. The molecule has 0 aliphatic rings. The highest BCUT2D eigenvalue weighted by molar-refractivity contribution is 7.22. The largest absolute Gasteiger partial charge is 0.283 e. The van der Waals surface area contributed by atoms with Crippen molar-refractivity contribution in [1.82, 2.24) is 4.98 Å². The van der Waals surface area contributed by atoms with Gasteiger partial charge in [-0.3, -0.25) is 9.69 Å². The number of benzene rings is 4. The minimum Gasteiger partial charge on any atom is -0.283 e. The van der Waals surface area contributed by atoms with E-state index < -0.39 is 0 Å². The lowest BCUT2D eigenvalue weighted by Crippen LogP contribution is -2.31. The van der Waals surface area contributed by atoms with Crippen molar-refractivity contribution < 1.29 is 4.79 Å². The number of amides is 1. The van der Waals surface area contributed by atoms with Gasteiger partial charge in [-0.25, -0.2) is 4.98 Å². The molecule has 5 heteroatoms. The first-order valence-electron chi connectivity index (χ1n) is 10.0. The molecule has 0 atom stereocenters. The van der Waals surface area contributed by atoms with Crippen molar-refractivity contribution in [3.8, 4) is 0 Å². The van der Waals surface area contributed by atoms with Crippen molar-refractivity contribution in [3.05, 3.63) is 107 Å². The second-order valence-electron chi connectivity index (χ2n) is 7.41. The highest BCUT2D eigenvalue weighted by atomic mass is 35.5. The molecule has 3 nitrogen and oxygen atoms in total. The number of fused-ring (bicyclic) bond motifs is 2. The van der Waals surface area contributed by atoms with Gasteiger partial charge in [-0.05, 0) is 34.0 Å². The van der Waals surface area contributed by atoms with Gasteiger partial charge in [0.1, 0.15) is 5.52 Å². The first-order chi connectivity index (χ1) is 15.2. The lowest BCUT2D eigenvalue weighted by atomic mass is 10.0. The summed E-state index contributed by atoms with van der Waals surface area (Å²) in [7, 11) is 0. The van der Waals surface area contributed by atoms with Crippen molar-refractivity contribution >= 4 is 55.0 Å². The third-order valence-electron chi connectivity index (χ3n) is 5.24. The molecule has 0 saturated heterocycles. The van der Waals surface area contributed by atoms with E-state index in [1.54, 1.807) is 4.90 Å². The molecule has 1 heterocycles. The number of rotatable bonds is 5. The lowest BCUT2D eigenvalue weighted by molar-refractivity contribution is -0.118. The van der Waals surface area contributed by atoms with E-state index in [-0.39, 0.29) is 5.91 Å². The molecule has 0 N–H and O–H groups in total. The van der Waals surface area contributed by atoms with E-state index in [2.05, 4.69) is 24.3 Å². The number of aromatic nitrogens is 1. The zero-order valence-corrected chi connectivity index (χ0v) is 18.2. The first kappa shape index (κ1) is 19.7. The second kappa shape index (κ2) is 8.50. The number of thiazole rings is 1. The summed E-state index contributed by atoms with van der Waals surface area (Å²) in [6.07, 6.45) is 0.307. The van der Waals surface area contributed by atoms with Crippen LogP contribution >= 0.6 is 22.9 Å². The average Bonchev–Trinajstić information content (AvgIpc) is 3.23. The van der Waals surface area contributed by atoms with Gasteiger partial charge in [0.05, 0.1) is 22.7 Å². The molecule has 5 aromatic rings. The molecule has 0 radical (unpaired) electrons. The number of hydrogen-bond donors (Lipinski definition) is 0. The molecule has 4 aromatic carbocycles. The summed E-state index contributed by atoms with van der Waals surface area (Å²) < 4.78 is 0.971. The van der Waals surface area contributed by atoms with Crippen LogP contribution in [0, 0.1) is 0 Å². The van der Waals surface area contributed by atoms with E-state index in [9.17, 15) is 4.79 Å². The Morgan fingerprint density at radius 1 is 0.839 bits per heavy atom. The van der Waals surface area contributed by atoms with E-state index >= 15 is 0 Å². The predicted octanol–water partition coefficient (Wildman–Crippen LogP) is 6.88. The van der Waals surface area contributed by atoms with Crippen LogP contribution in [0.15, 0.2) is 91.0 Å². The Bertz CT molecular complexity index is 1380. The summed E-state index contributed by atoms with van der Waals surface area (Å²) >= 11 is 7.83. The van der Waals surface area contributed by atoms with Crippen LogP contribution in [0.4, 0.5) is 5.13 Å². The zero-order valence-electron chi connectivity index (χ0n) is 16.7. The molecule has 0 fully saturated rings. The van der Waals surface area contributed by atoms with Crippen LogP contribution in [0.25, 0.3) is 21.0 Å². The van der Waals surface area contributed by atoms with Crippen molar-refractivity contribution in [1.29, 1.82) is 0 Å². The highest BCUT2D eigenvalue weighted by Crippen LogP contribution is 2.34. The summed E-state index contributed by atoms with van der Waals surface area (Å²) in [4.78, 5) is 20.0. The Balaban J connectivity index is 1.50. The fraction of sp³-hybridized carbons (Fsp3) is 0.0769. The normalized spacial score (nSPS) is 11.1. The first-order valence-corrected chi connectivity index (χ1v) is 11.2. The van der Waals surface area contributed by atoms with E-state index in [1.165, 1.54) is 16.7 Å². The molecule has 0 aliphatic carbocycles. The lowest BCUT2D eigenvalue weighted by Gasteiger charge is -2.20. The molecule has 1 aromatic heterocycles. The van der Waals surface area contributed by atoms with Crippen LogP contribution in [0.5, 0.6) is 0 Å². The van der Waals surface area contributed by atoms with Crippen LogP contribution in [0.1, 0.15) is 11.1 Å². The Labute approximate surface area is 189 Å². The van der Waals surface area contributed by atoms with Gasteiger partial charge in [0.25, 0.3) is 0 Å². The monoisotopic (exact) mass is 442 g/mol. The Hall–Kier alpha value is -3.21. The molecule has 0 bridgehead atoms. The van der Waals surface area contributed by atoms with Gasteiger partial charge in [0.2, 0.25) is 5.91 Å². The zero-order chi connectivity index (χ0) is 21.2. The van der Waals surface area contributed by atoms with E-state index in [1.807, 2.05) is 66.7 Å². The molecule has 0 unspecified atom stereocenters. The molecule has 0 aliphatic heterocycles. The molecule has 5 rings (SSSR count). The predicted molar refractivity (Wildman–Crippen MR) is 130 cm³/mol. The fourth-order valence-corrected chi connectivity index (χ4v) is 4.95. The number of halogens is 1. The van der Waals surface area contributed by atoms with Gasteiger partial charge in [-0.15, -0.1) is 0 Å². The molecule has 31 heavy (non-hydrogen) atoms. The summed E-state index contributed by atoms with van der Waals surface area (Å²) in [6, 6.07) is 30.1. The topological polar surface area (TPSA) is 33.2 Å². The minimum atomic E-state index is 0.00862. The number of nitrogens with zero attached hydrogens (tertiary/aromatic N) is 2. The van der Waals surface area contributed by atoms with Crippen molar-refractivity contribution in [3.63, 3.8) is 0 Å². The van der Waals surface area contributed by atoms with E-state index in [0.717, 1.165) is 26.7 Å². The van der Waals surface area contributed by atoms with Gasteiger partial charge < -0.3 is 0 Å². The quantitative estimate of drug-likeness (QED) is 0.297. The fourth-order valence-electron chi connectivity index (χ4n) is 3.67. The summed E-state index contributed by atoms with van der Waals surface area (Å²) in [5, 5.41) is 3.56. The summed E-state index contributed by atoms with van der Waals surface area (Å²) in [6.45, 7) is 0.463. The van der Waals surface area contributed by atoms with Crippen LogP contribution in [-0.4, -0.2) is 10.9 Å². The number of carbonyl (C=O) groups is 1. The molecule has 0 saturated carbocycles. The average molecular weight is 443 g/mol. The molecular formula is C26H19ClN2OS. The maximum Gasteiger partial charge on any atom is 0.233 e. The maximum absolute atomic E-state index is 13.5. The van der Waals surface area contributed by atoms with Crippen LogP contribution in [0.3, 0.4) is 0 Å². The molecule has 1 amide bonds. The van der Waals surface area contributed by atoms with Crippen LogP contribution in [-0.2, 0) is 17.8 Å². The summed E-state index contributed by atoms with van der Waals surface area (Å²) in [5.41, 5.74) is 2.78. The van der Waals surface area contributed by atoms with Crippen molar-refractivity contribution in [2.24, 2.45) is 0 Å². The third kappa shape index (κ3) is 4.18. The van der Waals surface area contributed by atoms with Crippen molar-refractivity contribution in [2.75, 3.05) is 4.90 Å². The minimum absolute atomic E-state index is 0.00862. The number of para-hydroxylation sites is 1. The van der Waals surface area contributed by atoms with Crippen LogP contribution in [0.2, 0.25) is 5.02 Å². The second-order valence-corrected chi connectivity index (χ2v) is 8.82. The van der Waals surface area contributed by atoms with E-state index in [0.29, 0.717) is 23.1 Å². The van der Waals surface area contributed by atoms with Gasteiger partial charge in [0.15, 0.2) is 5.13 Å². The van der Waals surface area contributed by atoms with Gasteiger partial charge in [-0.1, -0.05) is 102 Å².